The number of carbonyl (C=O) groups excluding carboxylic acids is 2. The molecular formula is C20H21NO5. The van der Waals surface area contributed by atoms with E-state index in [4.69, 9.17) is 14.2 Å². The fourth-order valence-corrected chi connectivity index (χ4v) is 2.80. The lowest BCUT2D eigenvalue weighted by Gasteiger charge is -2.12. The number of Topliss-reactive ketones (excluding diaryl/α,β-unsaturated/α-hetero) is 1. The first-order valence-corrected chi connectivity index (χ1v) is 8.53. The number of ketones is 1. The van der Waals surface area contributed by atoms with E-state index < -0.39 is 0 Å². The van der Waals surface area contributed by atoms with Gasteiger partial charge in [-0.25, -0.2) is 0 Å². The van der Waals surface area contributed by atoms with Gasteiger partial charge < -0.3 is 19.5 Å². The van der Waals surface area contributed by atoms with E-state index in [0.29, 0.717) is 35.8 Å². The molecule has 6 nitrogen and oxygen atoms in total. The summed E-state index contributed by atoms with van der Waals surface area (Å²) in [5.74, 6) is 1.49. The Morgan fingerprint density at radius 3 is 2.62 bits per heavy atom. The number of anilines is 1. The van der Waals surface area contributed by atoms with Crippen LogP contribution in [0.5, 0.6) is 17.2 Å². The van der Waals surface area contributed by atoms with Crippen LogP contribution in [0.25, 0.3) is 0 Å². The van der Waals surface area contributed by atoms with Crippen LogP contribution in [0.4, 0.5) is 5.69 Å². The normalized spacial score (nSPS) is 11.9. The largest absolute Gasteiger partial charge is 0.494 e. The van der Waals surface area contributed by atoms with Gasteiger partial charge in [-0.1, -0.05) is 18.2 Å². The van der Waals surface area contributed by atoms with Crippen molar-refractivity contribution in [2.24, 2.45) is 0 Å². The van der Waals surface area contributed by atoms with Crippen molar-refractivity contribution in [1.29, 1.82) is 0 Å². The van der Waals surface area contributed by atoms with Crippen LogP contribution >= 0.6 is 0 Å². The molecule has 6 heteroatoms. The number of para-hydroxylation sites is 1. The maximum absolute atomic E-state index is 12.4. The average Bonchev–Trinajstić information content (AvgIpc) is 3.08. The Hall–Kier alpha value is -3.02. The molecule has 1 aliphatic heterocycles. The van der Waals surface area contributed by atoms with E-state index >= 15 is 0 Å². The Morgan fingerprint density at radius 1 is 1.15 bits per heavy atom. The topological polar surface area (TPSA) is 73.9 Å². The Bertz CT molecular complexity index is 831. The van der Waals surface area contributed by atoms with Crippen molar-refractivity contribution in [3.05, 3.63) is 47.5 Å². The summed E-state index contributed by atoms with van der Waals surface area (Å²) in [6, 6.07) is 10.9. The molecule has 0 saturated carbocycles. The molecule has 0 spiro atoms. The Morgan fingerprint density at radius 2 is 1.88 bits per heavy atom. The number of ether oxygens (including phenoxy) is 3. The number of fused-ring (bicyclic) bond motifs is 1. The van der Waals surface area contributed by atoms with Gasteiger partial charge in [0.1, 0.15) is 5.75 Å². The van der Waals surface area contributed by atoms with Gasteiger partial charge >= 0.3 is 0 Å². The van der Waals surface area contributed by atoms with Gasteiger partial charge in [0.25, 0.3) is 0 Å². The van der Waals surface area contributed by atoms with Crippen molar-refractivity contribution in [3.8, 4) is 17.2 Å². The molecule has 1 heterocycles. The minimum absolute atomic E-state index is 0.109. The third-order valence-electron chi connectivity index (χ3n) is 4.06. The number of aryl methyl sites for hydroxylation is 1. The van der Waals surface area contributed by atoms with Gasteiger partial charge in [0.15, 0.2) is 17.3 Å². The Balaban J connectivity index is 1.70. The quantitative estimate of drug-likeness (QED) is 0.769. The second-order valence-electron chi connectivity index (χ2n) is 5.90. The highest BCUT2D eigenvalue weighted by atomic mass is 16.7. The monoisotopic (exact) mass is 355 g/mol. The number of rotatable bonds is 7. The van der Waals surface area contributed by atoms with Crippen molar-refractivity contribution in [2.75, 3.05) is 18.7 Å². The summed E-state index contributed by atoms with van der Waals surface area (Å²) in [5.41, 5.74) is 1.81. The molecule has 1 N–H and O–H groups in total. The summed E-state index contributed by atoms with van der Waals surface area (Å²) in [6.45, 7) is 4.05. The summed E-state index contributed by atoms with van der Waals surface area (Å²) < 4.78 is 16.2. The number of carbonyl (C=O) groups is 2. The smallest absolute Gasteiger partial charge is 0.231 e. The van der Waals surface area contributed by atoms with E-state index in [9.17, 15) is 9.59 Å². The molecule has 1 aliphatic rings. The summed E-state index contributed by atoms with van der Waals surface area (Å²) in [4.78, 5) is 24.3. The van der Waals surface area contributed by atoms with Gasteiger partial charge in [-0.15, -0.1) is 0 Å². The van der Waals surface area contributed by atoms with Crippen LogP contribution in [-0.4, -0.2) is 25.1 Å². The van der Waals surface area contributed by atoms with Gasteiger partial charge in [-0.2, -0.15) is 0 Å². The van der Waals surface area contributed by atoms with E-state index in [0.717, 1.165) is 11.3 Å². The maximum atomic E-state index is 12.4. The highest BCUT2D eigenvalue weighted by Gasteiger charge is 2.20. The van der Waals surface area contributed by atoms with Crippen LogP contribution in [0.15, 0.2) is 36.4 Å². The summed E-state index contributed by atoms with van der Waals surface area (Å²) in [7, 11) is 0. The zero-order chi connectivity index (χ0) is 18.5. The molecular weight excluding hydrogens is 334 g/mol. The highest BCUT2D eigenvalue weighted by Crippen LogP contribution is 2.37. The lowest BCUT2D eigenvalue weighted by Crippen LogP contribution is -2.15. The molecule has 2 aromatic rings. The molecule has 0 atom stereocenters. The van der Waals surface area contributed by atoms with Gasteiger partial charge in [0, 0.05) is 18.1 Å². The van der Waals surface area contributed by atoms with Gasteiger partial charge in [-0.3, -0.25) is 9.59 Å². The first-order chi connectivity index (χ1) is 12.6. The minimum atomic E-state index is -0.183. The zero-order valence-corrected chi connectivity index (χ0v) is 14.8. The SMILES string of the molecule is CCOc1ccccc1CCC(=O)Nc1cc2c(cc1C(C)=O)OCO2. The molecule has 0 saturated heterocycles. The number of hydrogen-bond acceptors (Lipinski definition) is 5. The minimum Gasteiger partial charge on any atom is -0.494 e. The van der Waals surface area contributed by atoms with Crippen LogP contribution in [-0.2, 0) is 11.2 Å². The van der Waals surface area contributed by atoms with Gasteiger partial charge in [0.2, 0.25) is 12.7 Å². The van der Waals surface area contributed by atoms with E-state index in [1.807, 2.05) is 31.2 Å². The number of amides is 1. The second-order valence-corrected chi connectivity index (χ2v) is 5.90. The van der Waals surface area contributed by atoms with Crippen LogP contribution < -0.4 is 19.5 Å². The number of benzene rings is 2. The maximum Gasteiger partial charge on any atom is 0.231 e. The van der Waals surface area contributed by atoms with Crippen LogP contribution in [0.2, 0.25) is 0 Å². The molecule has 0 unspecified atom stereocenters. The third kappa shape index (κ3) is 3.96. The molecule has 1 amide bonds. The fourth-order valence-electron chi connectivity index (χ4n) is 2.80. The molecule has 0 aliphatic carbocycles. The van der Waals surface area contributed by atoms with Crippen molar-refractivity contribution in [1.82, 2.24) is 0 Å². The fraction of sp³-hybridized carbons (Fsp3) is 0.300. The Kier molecular flexibility index (Phi) is 5.41. The molecule has 136 valence electrons. The first-order valence-electron chi connectivity index (χ1n) is 8.53. The van der Waals surface area contributed by atoms with Crippen LogP contribution in [0, 0.1) is 0 Å². The lowest BCUT2D eigenvalue weighted by atomic mass is 10.1. The Labute approximate surface area is 152 Å². The number of hydrogen-bond donors (Lipinski definition) is 1. The molecule has 3 rings (SSSR count). The molecule has 26 heavy (non-hydrogen) atoms. The molecule has 0 fully saturated rings. The van der Waals surface area contributed by atoms with Crippen molar-refractivity contribution < 1.29 is 23.8 Å². The highest BCUT2D eigenvalue weighted by molar-refractivity contribution is 6.04. The zero-order valence-electron chi connectivity index (χ0n) is 14.8. The van der Waals surface area contributed by atoms with Crippen LogP contribution in [0.3, 0.4) is 0 Å². The first kappa shape index (κ1) is 17.8. The van der Waals surface area contributed by atoms with E-state index in [-0.39, 0.29) is 24.9 Å². The predicted octanol–water partition coefficient (Wildman–Crippen LogP) is 3.59. The summed E-state index contributed by atoms with van der Waals surface area (Å²) >= 11 is 0. The summed E-state index contributed by atoms with van der Waals surface area (Å²) in [5, 5.41) is 2.81. The third-order valence-corrected chi connectivity index (χ3v) is 4.06. The molecule has 0 radical (unpaired) electrons. The summed E-state index contributed by atoms with van der Waals surface area (Å²) in [6.07, 6.45) is 0.817. The molecule has 0 bridgehead atoms. The van der Waals surface area contributed by atoms with Crippen LogP contribution in [0.1, 0.15) is 36.2 Å². The standard InChI is InChI=1S/C20H21NO5/c1-3-24-17-7-5-4-6-14(17)8-9-20(23)21-16-11-19-18(25-12-26-19)10-15(16)13(2)22/h4-7,10-11H,3,8-9,12H2,1-2H3,(H,21,23). The second kappa shape index (κ2) is 7.91. The van der Waals surface area contributed by atoms with Crippen molar-refractivity contribution >= 4 is 17.4 Å². The van der Waals surface area contributed by atoms with E-state index in [1.165, 1.54) is 6.92 Å². The molecule has 0 aromatic heterocycles. The van der Waals surface area contributed by atoms with Gasteiger partial charge in [-0.05, 0) is 38.0 Å². The predicted molar refractivity (Wildman–Crippen MR) is 97.1 cm³/mol. The van der Waals surface area contributed by atoms with E-state index in [1.54, 1.807) is 12.1 Å². The van der Waals surface area contributed by atoms with Crippen molar-refractivity contribution in [2.45, 2.75) is 26.7 Å². The van der Waals surface area contributed by atoms with Gasteiger partial charge in [0.05, 0.1) is 12.3 Å². The van der Waals surface area contributed by atoms with E-state index in [2.05, 4.69) is 5.32 Å². The lowest BCUT2D eigenvalue weighted by molar-refractivity contribution is -0.116. The average molecular weight is 355 g/mol. The molecule has 2 aromatic carbocycles. The number of nitrogens with one attached hydrogen (secondary N) is 1. The van der Waals surface area contributed by atoms with Crippen molar-refractivity contribution in [3.63, 3.8) is 0 Å².